The molecule has 3 atom stereocenters. The van der Waals surface area contributed by atoms with Gasteiger partial charge < -0.3 is 54.9 Å². The molecule has 0 spiro atoms. The van der Waals surface area contributed by atoms with E-state index in [-0.39, 0.29) is 18.1 Å². The first kappa shape index (κ1) is 77.3. The molecule has 4 aromatic rings. The lowest BCUT2D eigenvalue weighted by molar-refractivity contribution is -0.112. The number of aliphatic hydroxyl groups excluding tert-OH is 2. The van der Waals surface area contributed by atoms with Crippen molar-refractivity contribution in [2.45, 2.75) is 131 Å². The van der Waals surface area contributed by atoms with Gasteiger partial charge in [0.05, 0.1) is 50.3 Å². The van der Waals surface area contributed by atoms with E-state index in [9.17, 15) is 28.8 Å². The molecule has 0 bridgehead atoms. The van der Waals surface area contributed by atoms with Crippen LogP contribution in [0.3, 0.4) is 0 Å². The third kappa shape index (κ3) is 39.2. The van der Waals surface area contributed by atoms with E-state index in [0.29, 0.717) is 18.3 Å². The second-order valence-electron chi connectivity index (χ2n) is 17.9. The van der Waals surface area contributed by atoms with Crippen LogP contribution in [0.2, 0.25) is 0 Å². The first-order valence-electron chi connectivity index (χ1n) is 26.1. The average Bonchev–Trinajstić information content (AvgIpc) is 4.30. The molecular formula is C57H96N8O8S4. The lowest BCUT2D eigenvalue weighted by atomic mass is 10.1. The monoisotopic (exact) mass is 1150 g/mol. The quantitative estimate of drug-likeness (QED) is 0.0232. The summed E-state index contributed by atoms with van der Waals surface area (Å²) in [6.07, 6.45) is 14.2. The van der Waals surface area contributed by atoms with Crippen LogP contribution < -0.4 is 21.4 Å². The first-order valence-corrected chi connectivity index (χ1v) is 30.4. The summed E-state index contributed by atoms with van der Waals surface area (Å²) < 4.78 is 0. The van der Waals surface area contributed by atoms with Crippen molar-refractivity contribution in [3.05, 3.63) is 82.1 Å². The first-order chi connectivity index (χ1) is 37.2. The Labute approximate surface area is 478 Å². The molecule has 20 heteroatoms. The van der Waals surface area contributed by atoms with Crippen LogP contribution in [0.4, 0.5) is 0 Å². The van der Waals surface area contributed by atoms with E-state index in [1.54, 1.807) is 51.3 Å². The van der Waals surface area contributed by atoms with E-state index in [2.05, 4.69) is 112 Å². The number of likely N-dealkylation sites (tertiary alicyclic amines) is 1. The van der Waals surface area contributed by atoms with Crippen LogP contribution in [0.15, 0.2) is 59.6 Å². The van der Waals surface area contributed by atoms with E-state index in [1.807, 2.05) is 58.1 Å². The fourth-order valence-corrected chi connectivity index (χ4v) is 10.5. The number of hydrogen-bond acceptors (Lipinski definition) is 20. The number of rotatable bonds is 23. The van der Waals surface area contributed by atoms with Crippen LogP contribution in [-0.2, 0) is 41.9 Å². The van der Waals surface area contributed by atoms with Crippen molar-refractivity contribution in [3.63, 3.8) is 0 Å². The average molecular weight is 1150 g/mol. The molecule has 3 unspecified atom stereocenters. The Morgan fingerprint density at radius 1 is 0.636 bits per heavy atom. The maximum atomic E-state index is 10.3. The molecule has 2 aromatic heterocycles. The molecule has 77 heavy (non-hydrogen) atoms. The van der Waals surface area contributed by atoms with Crippen molar-refractivity contribution >= 4 is 82.0 Å². The number of hydrazine groups is 1. The lowest BCUT2D eigenvalue weighted by Gasteiger charge is -2.17. The molecule has 2 fully saturated rings. The van der Waals surface area contributed by atoms with Gasteiger partial charge in [-0.1, -0.05) is 97.8 Å². The highest BCUT2D eigenvalue weighted by Crippen LogP contribution is 2.28. The van der Waals surface area contributed by atoms with Crippen LogP contribution >= 0.6 is 44.3 Å². The summed E-state index contributed by atoms with van der Waals surface area (Å²) in [5.74, 6) is 2.92. The summed E-state index contributed by atoms with van der Waals surface area (Å²) in [5.41, 5.74) is 14.1. The van der Waals surface area contributed by atoms with Gasteiger partial charge in [0, 0.05) is 64.6 Å². The molecule has 6 N–H and O–H groups in total. The molecule has 16 nitrogen and oxygen atoms in total. The molecule has 0 saturated carbocycles. The molecule has 2 aliphatic heterocycles. The zero-order valence-electron chi connectivity index (χ0n) is 48.5. The van der Waals surface area contributed by atoms with E-state index in [0.717, 1.165) is 146 Å². The number of nitrogens with one attached hydrogen (secondary N) is 4. The number of likely N-dealkylation sites (N-methyl/N-ethyl adjacent to an activating group) is 2. The number of hydrogen-bond donors (Lipinski definition) is 6. The maximum Gasteiger partial charge on any atom is 0.138 e. The number of aliphatic hydroxyl groups is 2. The summed E-state index contributed by atoms with van der Waals surface area (Å²) in [6, 6.07) is 17.5. The van der Waals surface area contributed by atoms with Crippen molar-refractivity contribution in [1.82, 2.24) is 41.3 Å². The van der Waals surface area contributed by atoms with E-state index in [4.69, 9.17) is 10.2 Å². The predicted molar refractivity (Wildman–Crippen MR) is 328 cm³/mol. The third-order valence-corrected chi connectivity index (χ3v) is 15.5. The molecule has 2 saturated heterocycles. The van der Waals surface area contributed by atoms with Crippen molar-refractivity contribution < 1.29 is 39.0 Å². The van der Waals surface area contributed by atoms with Gasteiger partial charge in [0.15, 0.2) is 0 Å². The van der Waals surface area contributed by atoms with Crippen molar-refractivity contribution in [2.24, 2.45) is 11.8 Å². The van der Waals surface area contributed by atoms with Gasteiger partial charge in [0.25, 0.3) is 0 Å². The van der Waals surface area contributed by atoms with Gasteiger partial charge in [-0.05, 0) is 128 Å². The van der Waals surface area contributed by atoms with Gasteiger partial charge in [-0.3, -0.25) is 10.3 Å². The Morgan fingerprint density at radius 3 is 1.34 bits per heavy atom. The minimum atomic E-state index is -0.0706. The fraction of sp³-hybridized carbons (Fsp3) is 0.579. The Morgan fingerprint density at radius 2 is 1.06 bits per heavy atom. The lowest BCUT2D eigenvalue weighted by Crippen LogP contribution is -2.39. The van der Waals surface area contributed by atoms with Crippen molar-refractivity contribution in [2.75, 3.05) is 74.1 Å². The highest BCUT2D eigenvalue weighted by molar-refractivity contribution is 8.76. The smallest absolute Gasteiger partial charge is 0.138 e. The molecule has 2 aliphatic rings. The highest BCUT2D eigenvalue weighted by Gasteiger charge is 2.22. The molecule has 0 aliphatic carbocycles. The van der Waals surface area contributed by atoms with Gasteiger partial charge >= 0.3 is 0 Å². The molecule has 0 amide bonds. The van der Waals surface area contributed by atoms with Gasteiger partial charge in [0.1, 0.15) is 37.7 Å². The fourth-order valence-electron chi connectivity index (χ4n) is 6.70. The SMILES string of the molecule is CC(C)CCC=O.CC(C)CCC=O.CN1CCCC1C=O.CNC(C=O)CSSCCC=O.CNCc1ccc(-c2scnc2C)cc1.CNCc1ccc(-c2scnc2C)cc1.CNN1CCCC1C=O.CO.CO. The van der Waals surface area contributed by atoms with E-state index >= 15 is 0 Å². The van der Waals surface area contributed by atoms with E-state index < -0.39 is 0 Å². The minimum Gasteiger partial charge on any atom is -0.400 e. The molecule has 6 rings (SSSR count). The Hall–Kier alpha value is -3.90. The number of aryl methyl sites for hydroxylation is 2. The normalized spacial score (nSPS) is 14.5. The third-order valence-electron chi connectivity index (χ3n) is 11.1. The zero-order valence-corrected chi connectivity index (χ0v) is 51.8. The molecule has 4 heterocycles. The molecular weight excluding hydrogens is 1050 g/mol. The highest BCUT2D eigenvalue weighted by atomic mass is 33.1. The topological polar surface area (TPSA) is 223 Å². The van der Waals surface area contributed by atoms with Gasteiger partial charge in [0.2, 0.25) is 0 Å². The second-order valence-corrected chi connectivity index (χ2v) is 22.3. The standard InChI is InChI=1S/2C12H14N2S.C7H13NO2S2.C6H12N2O.C6H11NO.2C6H12O.2CH4O/c2*1-9-12(15-8-14-9)11-5-3-10(4-6-11)7-13-2;1-8-7(5-10)6-12-11-4-2-3-9;1-7-8-4-2-3-6(8)5-9;1-7-4-2-3-6(7)5-8;2*1-6(2)4-3-5-7;2*1-2/h2*3-6,8,13H,7H2,1-2H3;3,5,7-8H,2,4,6H2,1H3;5-7H,2-4H2,1H3;5-6H,2-4H2,1H3;2*5-6H,3-4H2,1-2H3;2*2H,1H3. The number of carbonyl (C=O) groups is 6. The van der Waals surface area contributed by atoms with Crippen molar-refractivity contribution in [3.8, 4) is 20.9 Å². The van der Waals surface area contributed by atoms with Crippen LogP contribution in [0.5, 0.6) is 0 Å². The minimum absolute atomic E-state index is 0.0706. The summed E-state index contributed by atoms with van der Waals surface area (Å²) in [5, 5.41) is 25.1. The number of thiazole rings is 2. The van der Waals surface area contributed by atoms with Gasteiger partial charge in [-0.15, -0.1) is 22.7 Å². The van der Waals surface area contributed by atoms with E-state index in [1.165, 1.54) is 38.4 Å². The van der Waals surface area contributed by atoms with Crippen molar-refractivity contribution in [1.29, 1.82) is 0 Å². The number of aldehydes is 6. The molecule has 436 valence electrons. The summed E-state index contributed by atoms with van der Waals surface area (Å²) in [7, 11) is 14.8. The summed E-state index contributed by atoms with van der Waals surface area (Å²) in [6.45, 7) is 16.5. The van der Waals surface area contributed by atoms with Crippen LogP contribution in [-0.4, -0.2) is 160 Å². The van der Waals surface area contributed by atoms with Gasteiger partial charge in [-0.2, -0.15) is 0 Å². The molecule has 0 radical (unpaired) electrons. The predicted octanol–water partition coefficient (Wildman–Crippen LogP) is 8.94. The Kier molecular flexibility index (Phi) is 54.3. The number of benzene rings is 2. The number of nitrogens with zero attached hydrogens (tertiary/aromatic N) is 4. The number of carbonyl (C=O) groups excluding carboxylic acids is 6. The van der Waals surface area contributed by atoms with Crippen LogP contribution in [0.25, 0.3) is 20.9 Å². The second kappa shape index (κ2) is 54.1. The van der Waals surface area contributed by atoms with Crippen LogP contribution in [0.1, 0.15) is 108 Å². The zero-order chi connectivity index (χ0) is 58.7. The van der Waals surface area contributed by atoms with Gasteiger partial charge in [-0.25, -0.2) is 15.0 Å². The summed E-state index contributed by atoms with van der Waals surface area (Å²) in [4.78, 5) is 73.3. The Balaban J connectivity index is -0.000000837. The largest absolute Gasteiger partial charge is 0.400 e. The Bertz CT molecular complexity index is 1910. The van der Waals surface area contributed by atoms with Crippen LogP contribution in [0, 0.1) is 25.7 Å². The molecule has 2 aromatic carbocycles. The number of aromatic nitrogens is 2. The maximum absolute atomic E-state index is 10.3. The summed E-state index contributed by atoms with van der Waals surface area (Å²) >= 11 is 3.39.